The fourth-order valence-electron chi connectivity index (χ4n) is 2.29. The maximum absolute atomic E-state index is 12.2. The van der Waals surface area contributed by atoms with Crippen molar-refractivity contribution < 1.29 is 5.11 Å². The first-order valence-electron chi connectivity index (χ1n) is 7.25. The molecule has 0 bridgehead atoms. The van der Waals surface area contributed by atoms with Gasteiger partial charge in [-0.1, -0.05) is 44.2 Å². The Bertz CT molecular complexity index is 634. The monoisotopic (exact) mass is 287 g/mol. The maximum Gasteiger partial charge on any atom is 0.262 e. The zero-order valence-corrected chi connectivity index (χ0v) is 12.5. The van der Waals surface area contributed by atoms with E-state index >= 15 is 0 Å². The summed E-state index contributed by atoms with van der Waals surface area (Å²) in [5.41, 5.74) is 0.587. The Balaban J connectivity index is 2.24. The molecule has 2 aromatic rings. The molecule has 0 atom stereocenters. The Morgan fingerprint density at radius 1 is 1.19 bits per heavy atom. The van der Waals surface area contributed by atoms with Crippen LogP contribution in [0.15, 0.2) is 35.1 Å². The van der Waals surface area contributed by atoms with Crippen LogP contribution >= 0.6 is 0 Å². The van der Waals surface area contributed by atoms with Gasteiger partial charge >= 0.3 is 0 Å². The summed E-state index contributed by atoms with van der Waals surface area (Å²) in [6.07, 6.45) is 0.611. The molecular weight excluding hydrogens is 266 g/mol. The van der Waals surface area contributed by atoms with E-state index in [9.17, 15) is 9.90 Å². The van der Waals surface area contributed by atoms with Crippen LogP contribution in [0.25, 0.3) is 11.1 Å². The molecular formula is C16H21N3O2. The molecule has 1 aromatic carbocycles. The molecule has 5 heteroatoms. The third-order valence-corrected chi connectivity index (χ3v) is 3.57. The molecule has 0 aliphatic carbocycles. The molecule has 1 heterocycles. The molecule has 112 valence electrons. The van der Waals surface area contributed by atoms with Crippen molar-refractivity contribution in [1.82, 2.24) is 14.9 Å². The average Bonchev–Trinajstić information content (AvgIpc) is 2.49. The van der Waals surface area contributed by atoms with Crippen molar-refractivity contribution >= 4 is 0 Å². The van der Waals surface area contributed by atoms with Crippen LogP contribution in [-0.4, -0.2) is 39.6 Å². The van der Waals surface area contributed by atoms with E-state index in [0.29, 0.717) is 17.8 Å². The molecule has 0 saturated heterocycles. The van der Waals surface area contributed by atoms with Gasteiger partial charge in [-0.05, 0) is 18.7 Å². The van der Waals surface area contributed by atoms with E-state index in [1.54, 1.807) is 12.1 Å². The van der Waals surface area contributed by atoms with E-state index in [2.05, 4.69) is 28.7 Å². The first kappa shape index (κ1) is 15.3. The summed E-state index contributed by atoms with van der Waals surface area (Å²) in [5, 5.41) is 10.1. The lowest BCUT2D eigenvalue weighted by atomic mass is 10.1. The lowest BCUT2D eigenvalue weighted by molar-refractivity contribution is 0.305. The first-order chi connectivity index (χ1) is 10.2. The number of benzene rings is 1. The summed E-state index contributed by atoms with van der Waals surface area (Å²) >= 11 is 0. The largest absolute Gasteiger partial charge is 0.493 e. The highest BCUT2D eigenvalue weighted by Crippen LogP contribution is 2.22. The van der Waals surface area contributed by atoms with E-state index in [1.165, 1.54) is 0 Å². The highest BCUT2D eigenvalue weighted by molar-refractivity contribution is 5.66. The Morgan fingerprint density at radius 2 is 1.86 bits per heavy atom. The Kier molecular flexibility index (Phi) is 5.11. The van der Waals surface area contributed by atoms with Crippen LogP contribution < -0.4 is 5.56 Å². The summed E-state index contributed by atoms with van der Waals surface area (Å²) < 4.78 is 0. The number of nitrogens with one attached hydrogen (secondary N) is 1. The molecule has 0 fully saturated rings. The van der Waals surface area contributed by atoms with Crippen molar-refractivity contribution in [2.75, 3.05) is 19.6 Å². The predicted octanol–water partition coefficient (Wildman–Crippen LogP) is 2.03. The molecule has 5 nitrogen and oxygen atoms in total. The van der Waals surface area contributed by atoms with E-state index in [-0.39, 0.29) is 17.0 Å². The SMILES string of the molecule is CCN(CC)CCc1nc(O)c(-c2ccccc2)c(=O)[nH]1. The lowest BCUT2D eigenvalue weighted by Gasteiger charge is -2.17. The van der Waals surface area contributed by atoms with Gasteiger partial charge in [0.25, 0.3) is 5.56 Å². The van der Waals surface area contributed by atoms with E-state index in [4.69, 9.17) is 0 Å². The maximum atomic E-state index is 12.2. The van der Waals surface area contributed by atoms with Crippen LogP contribution in [0.4, 0.5) is 0 Å². The Hall–Kier alpha value is -2.14. The summed E-state index contributed by atoms with van der Waals surface area (Å²) in [6.45, 7) is 6.90. The van der Waals surface area contributed by atoms with E-state index in [1.807, 2.05) is 18.2 Å². The number of nitrogens with zero attached hydrogens (tertiary/aromatic N) is 2. The summed E-state index contributed by atoms with van der Waals surface area (Å²) in [6, 6.07) is 9.06. The number of hydrogen-bond donors (Lipinski definition) is 2. The fourth-order valence-corrected chi connectivity index (χ4v) is 2.29. The van der Waals surface area contributed by atoms with Gasteiger partial charge in [-0.15, -0.1) is 0 Å². The number of likely N-dealkylation sites (N-methyl/N-ethyl adjacent to an activating group) is 1. The molecule has 0 unspecified atom stereocenters. The summed E-state index contributed by atoms with van der Waals surface area (Å²) in [7, 11) is 0. The molecule has 0 aliphatic rings. The van der Waals surface area contributed by atoms with Crippen molar-refractivity contribution in [2.45, 2.75) is 20.3 Å². The minimum Gasteiger partial charge on any atom is -0.493 e. The first-order valence-corrected chi connectivity index (χ1v) is 7.25. The number of aromatic hydroxyl groups is 1. The van der Waals surface area contributed by atoms with Crippen molar-refractivity contribution in [3.05, 3.63) is 46.5 Å². The van der Waals surface area contributed by atoms with E-state index in [0.717, 1.165) is 19.6 Å². The van der Waals surface area contributed by atoms with Crippen LogP contribution in [0.5, 0.6) is 5.88 Å². The molecule has 1 aromatic heterocycles. The van der Waals surface area contributed by atoms with Crippen LogP contribution in [0, 0.1) is 0 Å². The van der Waals surface area contributed by atoms with Gasteiger partial charge < -0.3 is 15.0 Å². The van der Waals surface area contributed by atoms with Crippen LogP contribution in [0.1, 0.15) is 19.7 Å². The standard InChI is InChI=1S/C16H21N3O2/c1-3-19(4-2)11-10-13-17-15(20)14(16(21)18-13)12-8-6-5-7-9-12/h5-9H,3-4,10-11H2,1-2H3,(H2,17,18,20,21). The fraction of sp³-hybridized carbons (Fsp3) is 0.375. The Labute approximate surface area is 124 Å². The molecule has 0 amide bonds. The topological polar surface area (TPSA) is 69.2 Å². The van der Waals surface area contributed by atoms with Crippen molar-refractivity contribution in [3.8, 4) is 17.0 Å². The summed E-state index contributed by atoms with van der Waals surface area (Å²) in [5.74, 6) is 0.309. The van der Waals surface area contributed by atoms with Crippen LogP contribution in [-0.2, 0) is 6.42 Å². The van der Waals surface area contributed by atoms with Gasteiger partial charge in [0.2, 0.25) is 5.88 Å². The Morgan fingerprint density at radius 3 is 2.43 bits per heavy atom. The average molecular weight is 287 g/mol. The van der Waals surface area contributed by atoms with Gasteiger partial charge in [-0.25, -0.2) is 0 Å². The quantitative estimate of drug-likeness (QED) is 0.853. The normalized spacial score (nSPS) is 11.0. The smallest absolute Gasteiger partial charge is 0.262 e. The highest BCUT2D eigenvalue weighted by Gasteiger charge is 2.13. The third-order valence-electron chi connectivity index (χ3n) is 3.57. The third kappa shape index (κ3) is 3.70. The van der Waals surface area contributed by atoms with Crippen molar-refractivity contribution in [3.63, 3.8) is 0 Å². The number of rotatable bonds is 6. The zero-order chi connectivity index (χ0) is 15.2. The predicted molar refractivity (Wildman–Crippen MR) is 83.5 cm³/mol. The second kappa shape index (κ2) is 7.04. The van der Waals surface area contributed by atoms with Gasteiger partial charge in [0.1, 0.15) is 11.4 Å². The molecule has 0 radical (unpaired) electrons. The molecule has 0 saturated carbocycles. The van der Waals surface area contributed by atoms with Gasteiger partial charge in [-0.3, -0.25) is 4.79 Å². The minimum atomic E-state index is -0.303. The van der Waals surface area contributed by atoms with Gasteiger partial charge in [0, 0.05) is 13.0 Å². The zero-order valence-electron chi connectivity index (χ0n) is 12.5. The molecule has 0 spiro atoms. The van der Waals surface area contributed by atoms with Crippen LogP contribution in [0.2, 0.25) is 0 Å². The number of hydrogen-bond acceptors (Lipinski definition) is 4. The molecule has 21 heavy (non-hydrogen) atoms. The molecule has 0 aliphatic heterocycles. The van der Waals surface area contributed by atoms with Gasteiger partial charge in [0.15, 0.2) is 0 Å². The van der Waals surface area contributed by atoms with Crippen molar-refractivity contribution in [2.24, 2.45) is 0 Å². The van der Waals surface area contributed by atoms with Gasteiger partial charge in [-0.2, -0.15) is 4.98 Å². The second-order valence-electron chi connectivity index (χ2n) is 4.85. The second-order valence-corrected chi connectivity index (χ2v) is 4.85. The number of aromatic amines is 1. The molecule has 2 N–H and O–H groups in total. The lowest BCUT2D eigenvalue weighted by Crippen LogP contribution is -2.26. The van der Waals surface area contributed by atoms with Gasteiger partial charge in [0.05, 0.1) is 0 Å². The molecule has 2 rings (SSSR count). The number of aromatic nitrogens is 2. The van der Waals surface area contributed by atoms with Crippen molar-refractivity contribution in [1.29, 1.82) is 0 Å². The van der Waals surface area contributed by atoms with E-state index < -0.39 is 0 Å². The summed E-state index contributed by atoms with van der Waals surface area (Å²) in [4.78, 5) is 21.3. The number of H-pyrrole nitrogens is 1. The van der Waals surface area contributed by atoms with Crippen LogP contribution in [0.3, 0.4) is 0 Å². The highest BCUT2D eigenvalue weighted by atomic mass is 16.3. The minimum absolute atomic E-state index is 0.209.